The lowest BCUT2D eigenvalue weighted by molar-refractivity contribution is 0.0606. The van der Waals surface area contributed by atoms with E-state index >= 15 is 0 Å². The average molecular weight is 288 g/mol. The molecule has 4 nitrogen and oxygen atoms in total. The van der Waals surface area contributed by atoms with Crippen LogP contribution in [0.4, 0.5) is 0 Å². The summed E-state index contributed by atoms with van der Waals surface area (Å²) < 4.78 is 13.1. The van der Waals surface area contributed by atoms with Gasteiger partial charge in [-0.25, -0.2) is 0 Å². The van der Waals surface area contributed by atoms with Gasteiger partial charge >= 0.3 is 0 Å². The van der Waals surface area contributed by atoms with E-state index in [4.69, 9.17) is 9.47 Å². The highest BCUT2D eigenvalue weighted by molar-refractivity contribution is 5.83. The topological polar surface area (TPSA) is 35.4 Å². The predicted molar refractivity (Wildman–Crippen MR) is 84.6 cm³/mol. The van der Waals surface area contributed by atoms with Crippen molar-refractivity contribution in [3.05, 3.63) is 36.0 Å². The van der Waals surface area contributed by atoms with Crippen LogP contribution in [-0.4, -0.2) is 38.0 Å². The number of hydrogen-bond acceptors (Lipinski definition) is 3. The van der Waals surface area contributed by atoms with Crippen molar-refractivity contribution in [2.75, 3.05) is 33.5 Å². The molecular formula is C17H24N2O2. The number of aromatic nitrogens is 1. The molecule has 0 amide bonds. The number of nitrogens with zero attached hydrogens (tertiary/aromatic N) is 1. The van der Waals surface area contributed by atoms with Gasteiger partial charge in [-0.05, 0) is 29.9 Å². The first-order chi connectivity index (χ1) is 10.4. The van der Waals surface area contributed by atoms with Crippen molar-refractivity contribution >= 4 is 10.9 Å². The normalized spacial score (nSPS) is 19.2. The first kappa shape index (κ1) is 14.6. The first-order valence-corrected chi connectivity index (χ1v) is 7.76. The van der Waals surface area contributed by atoms with Gasteiger partial charge in [0.15, 0.2) is 0 Å². The van der Waals surface area contributed by atoms with E-state index < -0.39 is 0 Å². The molecule has 1 fully saturated rings. The summed E-state index contributed by atoms with van der Waals surface area (Å²) in [5.41, 5.74) is 2.69. The van der Waals surface area contributed by atoms with Crippen LogP contribution in [0.15, 0.2) is 30.5 Å². The lowest BCUT2D eigenvalue weighted by Crippen LogP contribution is -2.22. The summed E-state index contributed by atoms with van der Waals surface area (Å²) in [6.45, 7) is 4.22. The Morgan fingerprint density at radius 2 is 2.33 bits per heavy atom. The van der Waals surface area contributed by atoms with E-state index in [1.165, 1.54) is 22.9 Å². The molecule has 0 bridgehead atoms. The van der Waals surface area contributed by atoms with Gasteiger partial charge in [0.2, 0.25) is 0 Å². The third kappa shape index (κ3) is 3.28. The third-order valence-corrected chi connectivity index (χ3v) is 4.15. The van der Waals surface area contributed by atoms with Crippen molar-refractivity contribution in [2.24, 2.45) is 0 Å². The SMILES string of the molecule is COCCNCc1cccc2ccn(C3CCCOC3)c12. The van der Waals surface area contributed by atoms with E-state index in [0.717, 1.165) is 39.3 Å². The summed E-state index contributed by atoms with van der Waals surface area (Å²) in [6, 6.07) is 9.22. The van der Waals surface area contributed by atoms with Crippen LogP contribution in [0.2, 0.25) is 0 Å². The van der Waals surface area contributed by atoms with Crippen LogP contribution in [0.1, 0.15) is 24.4 Å². The number of ether oxygens (including phenoxy) is 2. The Hall–Kier alpha value is -1.36. The summed E-state index contributed by atoms with van der Waals surface area (Å²) in [6.07, 6.45) is 4.57. The van der Waals surface area contributed by atoms with E-state index in [0.29, 0.717) is 6.04 Å². The summed E-state index contributed by atoms with van der Waals surface area (Å²) >= 11 is 0. The minimum absolute atomic E-state index is 0.469. The number of benzene rings is 1. The van der Waals surface area contributed by atoms with E-state index in [9.17, 15) is 0 Å². The largest absolute Gasteiger partial charge is 0.383 e. The molecule has 0 saturated carbocycles. The lowest BCUT2D eigenvalue weighted by atomic mass is 10.1. The first-order valence-electron chi connectivity index (χ1n) is 7.76. The molecule has 1 aliphatic heterocycles. The molecule has 1 saturated heterocycles. The molecule has 1 aromatic carbocycles. The number of para-hydroxylation sites is 1. The van der Waals surface area contributed by atoms with Gasteiger partial charge in [0.25, 0.3) is 0 Å². The van der Waals surface area contributed by atoms with E-state index in [1.54, 1.807) is 7.11 Å². The van der Waals surface area contributed by atoms with Gasteiger partial charge in [-0.1, -0.05) is 18.2 Å². The van der Waals surface area contributed by atoms with Gasteiger partial charge in [-0.2, -0.15) is 0 Å². The minimum atomic E-state index is 0.469. The molecular weight excluding hydrogens is 264 g/mol. The van der Waals surface area contributed by atoms with Crippen LogP contribution in [0, 0.1) is 0 Å². The molecule has 0 spiro atoms. The molecule has 1 aromatic heterocycles. The highest BCUT2D eigenvalue weighted by Crippen LogP contribution is 2.28. The lowest BCUT2D eigenvalue weighted by Gasteiger charge is -2.25. The zero-order chi connectivity index (χ0) is 14.5. The molecule has 1 unspecified atom stereocenters. The number of hydrogen-bond donors (Lipinski definition) is 1. The zero-order valence-corrected chi connectivity index (χ0v) is 12.7. The van der Waals surface area contributed by atoms with Crippen molar-refractivity contribution in [3.8, 4) is 0 Å². The third-order valence-electron chi connectivity index (χ3n) is 4.15. The quantitative estimate of drug-likeness (QED) is 0.830. The van der Waals surface area contributed by atoms with E-state index in [1.807, 2.05) is 0 Å². The fourth-order valence-electron chi connectivity index (χ4n) is 3.08. The van der Waals surface area contributed by atoms with Crippen molar-refractivity contribution < 1.29 is 9.47 Å². The molecule has 0 radical (unpaired) electrons. The Balaban J connectivity index is 1.83. The molecule has 2 aromatic rings. The number of fused-ring (bicyclic) bond motifs is 1. The van der Waals surface area contributed by atoms with Gasteiger partial charge in [0.1, 0.15) is 0 Å². The maximum Gasteiger partial charge on any atom is 0.0673 e. The summed E-state index contributed by atoms with van der Waals surface area (Å²) in [5.74, 6) is 0. The van der Waals surface area contributed by atoms with Crippen LogP contribution in [0.5, 0.6) is 0 Å². The smallest absolute Gasteiger partial charge is 0.0673 e. The van der Waals surface area contributed by atoms with Gasteiger partial charge < -0.3 is 19.4 Å². The molecule has 3 rings (SSSR count). The van der Waals surface area contributed by atoms with E-state index in [-0.39, 0.29) is 0 Å². The average Bonchev–Trinajstić information content (AvgIpc) is 2.97. The predicted octanol–water partition coefficient (Wildman–Crippen LogP) is 2.73. The second kappa shape index (κ2) is 7.07. The van der Waals surface area contributed by atoms with Crippen LogP contribution in [0.3, 0.4) is 0 Å². The Morgan fingerprint density at radius 3 is 3.14 bits per heavy atom. The summed E-state index contributed by atoms with van der Waals surface area (Å²) in [7, 11) is 1.73. The van der Waals surface area contributed by atoms with Gasteiger partial charge in [-0.15, -0.1) is 0 Å². The highest BCUT2D eigenvalue weighted by Gasteiger charge is 2.18. The second-order valence-corrected chi connectivity index (χ2v) is 5.62. The maximum absolute atomic E-state index is 5.65. The summed E-state index contributed by atoms with van der Waals surface area (Å²) in [4.78, 5) is 0. The van der Waals surface area contributed by atoms with Crippen molar-refractivity contribution in [1.29, 1.82) is 0 Å². The van der Waals surface area contributed by atoms with Crippen LogP contribution in [0.25, 0.3) is 10.9 Å². The van der Waals surface area contributed by atoms with Crippen molar-refractivity contribution in [1.82, 2.24) is 9.88 Å². The Morgan fingerprint density at radius 1 is 1.38 bits per heavy atom. The minimum Gasteiger partial charge on any atom is -0.383 e. The Bertz CT molecular complexity index is 573. The monoisotopic (exact) mass is 288 g/mol. The molecule has 114 valence electrons. The van der Waals surface area contributed by atoms with Crippen LogP contribution < -0.4 is 5.32 Å². The van der Waals surface area contributed by atoms with Crippen LogP contribution >= 0.6 is 0 Å². The molecule has 0 aliphatic carbocycles. The Kier molecular flexibility index (Phi) is 4.91. The number of methoxy groups -OCH3 is 1. The summed E-state index contributed by atoms with van der Waals surface area (Å²) in [5, 5.41) is 4.76. The highest BCUT2D eigenvalue weighted by atomic mass is 16.5. The molecule has 2 heterocycles. The Labute approximate surface area is 126 Å². The van der Waals surface area contributed by atoms with Gasteiger partial charge in [0.05, 0.1) is 24.8 Å². The fraction of sp³-hybridized carbons (Fsp3) is 0.529. The number of rotatable bonds is 6. The van der Waals surface area contributed by atoms with Gasteiger partial charge in [0, 0.05) is 33.0 Å². The van der Waals surface area contributed by atoms with Crippen molar-refractivity contribution in [2.45, 2.75) is 25.4 Å². The van der Waals surface area contributed by atoms with Crippen molar-refractivity contribution in [3.63, 3.8) is 0 Å². The molecule has 1 N–H and O–H groups in total. The van der Waals surface area contributed by atoms with Crippen LogP contribution in [-0.2, 0) is 16.0 Å². The standard InChI is InChI=1S/C17H24N2O2/c1-20-11-8-18-12-15-5-2-4-14-7-9-19(17(14)15)16-6-3-10-21-13-16/h2,4-5,7,9,16,18H,3,6,8,10-13H2,1H3. The molecule has 4 heteroatoms. The maximum atomic E-state index is 5.65. The van der Waals surface area contributed by atoms with E-state index in [2.05, 4.69) is 40.3 Å². The second-order valence-electron chi connectivity index (χ2n) is 5.62. The molecule has 1 aliphatic rings. The molecule has 1 atom stereocenters. The molecule has 21 heavy (non-hydrogen) atoms. The fourth-order valence-corrected chi connectivity index (χ4v) is 3.08. The number of nitrogens with one attached hydrogen (secondary N) is 1. The van der Waals surface area contributed by atoms with Gasteiger partial charge in [-0.3, -0.25) is 0 Å². The zero-order valence-electron chi connectivity index (χ0n) is 12.7.